The summed E-state index contributed by atoms with van der Waals surface area (Å²) in [6.07, 6.45) is 4.10. The summed E-state index contributed by atoms with van der Waals surface area (Å²) in [4.78, 5) is 6.60. The molecule has 0 aromatic carbocycles. The zero-order chi connectivity index (χ0) is 12.1. The lowest BCUT2D eigenvalue weighted by molar-refractivity contribution is 0.329. The van der Waals surface area contributed by atoms with Gasteiger partial charge in [0.15, 0.2) is 0 Å². The Balaban J connectivity index is 1.81. The van der Waals surface area contributed by atoms with Gasteiger partial charge >= 0.3 is 0 Å². The monoisotopic (exact) mass is 235 g/mol. The van der Waals surface area contributed by atoms with Crippen molar-refractivity contribution in [2.24, 2.45) is 11.7 Å². The minimum Gasteiger partial charge on any atom is -0.481 e. The third kappa shape index (κ3) is 3.41. The molecule has 0 unspecified atom stereocenters. The molecule has 1 fully saturated rings. The van der Waals surface area contributed by atoms with Gasteiger partial charge in [-0.1, -0.05) is 0 Å². The third-order valence-electron chi connectivity index (χ3n) is 3.43. The van der Waals surface area contributed by atoms with Crippen LogP contribution in [0.1, 0.15) is 12.0 Å². The SMILES string of the molecule is COc1cc(CCN2CC[C@@H](CN)C2)ccn1. The van der Waals surface area contributed by atoms with Crippen LogP contribution in [-0.2, 0) is 6.42 Å². The number of nitrogens with two attached hydrogens (primary N) is 1. The molecule has 1 aromatic rings. The van der Waals surface area contributed by atoms with Crippen LogP contribution < -0.4 is 10.5 Å². The molecule has 0 spiro atoms. The molecule has 1 saturated heterocycles. The number of hydrogen-bond acceptors (Lipinski definition) is 4. The van der Waals surface area contributed by atoms with Crippen LogP contribution in [0.2, 0.25) is 0 Å². The zero-order valence-electron chi connectivity index (χ0n) is 10.4. The molecule has 2 rings (SSSR count). The molecule has 4 nitrogen and oxygen atoms in total. The molecule has 1 aliphatic rings. The molecule has 1 aromatic heterocycles. The van der Waals surface area contributed by atoms with E-state index >= 15 is 0 Å². The molecule has 0 bridgehead atoms. The standard InChI is InChI=1S/C13H21N3O/c1-17-13-8-11(2-5-15-13)3-6-16-7-4-12(9-14)10-16/h2,5,8,12H,3-4,6-7,9-10,14H2,1H3/t12-/m0/s1. The van der Waals surface area contributed by atoms with Crippen LogP contribution in [0.5, 0.6) is 5.88 Å². The van der Waals surface area contributed by atoms with E-state index in [2.05, 4.69) is 16.0 Å². The lowest BCUT2D eigenvalue weighted by Gasteiger charge is -2.15. The maximum atomic E-state index is 5.69. The number of rotatable bonds is 5. The Labute approximate surface area is 103 Å². The van der Waals surface area contributed by atoms with Gasteiger partial charge in [0, 0.05) is 25.4 Å². The first-order chi connectivity index (χ1) is 8.31. The van der Waals surface area contributed by atoms with Gasteiger partial charge in [0.25, 0.3) is 0 Å². The quantitative estimate of drug-likeness (QED) is 0.824. The van der Waals surface area contributed by atoms with Gasteiger partial charge in [-0.15, -0.1) is 0 Å². The maximum Gasteiger partial charge on any atom is 0.213 e. The summed E-state index contributed by atoms with van der Waals surface area (Å²) >= 11 is 0. The summed E-state index contributed by atoms with van der Waals surface area (Å²) in [5, 5.41) is 0. The van der Waals surface area contributed by atoms with E-state index in [0.29, 0.717) is 11.8 Å². The molecule has 4 heteroatoms. The summed E-state index contributed by atoms with van der Waals surface area (Å²) in [5.41, 5.74) is 6.97. The Hall–Kier alpha value is -1.13. The highest BCUT2D eigenvalue weighted by Crippen LogP contribution is 2.16. The fourth-order valence-electron chi connectivity index (χ4n) is 2.31. The Morgan fingerprint density at radius 1 is 1.59 bits per heavy atom. The molecule has 17 heavy (non-hydrogen) atoms. The second-order valence-electron chi connectivity index (χ2n) is 4.65. The van der Waals surface area contributed by atoms with Crippen molar-refractivity contribution in [3.63, 3.8) is 0 Å². The van der Waals surface area contributed by atoms with Crippen molar-refractivity contribution in [2.45, 2.75) is 12.8 Å². The van der Waals surface area contributed by atoms with Crippen molar-refractivity contribution < 1.29 is 4.74 Å². The van der Waals surface area contributed by atoms with Crippen LogP contribution in [-0.4, -0.2) is 43.2 Å². The predicted molar refractivity (Wildman–Crippen MR) is 68.1 cm³/mol. The second-order valence-corrected chi connectivity index (χ2v) is 4.65. The lowest BCUT2D eigenvalue weighted by atomic mass is 10.1. The fourth-order valence-corrected chi connectivity index (χ4v) is 2.31. The lowest BCUT2D eigenvalue weighted by Crippen LogP contribution is -2.25. The highest BCUT2D eigenvalue weighted by atomic mass is 16.5. The average Bonchev–Trinajstić information content (AvgIpc) is 2.84. The van der Waals surface area contributed by atoms with Crippen LogP contribution in [0.4, 0.5) is 0 Å². The molecule has 0 amide bonds. The summed E-state index contributed by atoms with van der Waals surface area (Å²) in [6.45, 7) is 4.26. The number of ether oxygens (including phenoxy) is 1. The first-order valence-corrected chi connectivity index (χ1v) is 6.23. The minimum atomic E-state index is 0.696. The van der Waals surface area contributed by atoms with E-state index in [4.69, 9.17) is 10.5 Å². The average molecular weight is 235 g/mol. The van der Waals surface area contributed by atoms with Gasteiger partial charge in [-0.25, -0.2) is 4.98 Å². The topological polar surface area (TPSA) is 51.4 Å². The van der Waals surface area contributed by atoms with E-state index in [1.165, 1.54) is 18.5 Å². The van der Waals surface area contributed by atoms with Gasteiger partial charge in [-0.05, 0) is 43.5 Å². The minimum absolute atomic E-state index is 0.696. The van der Waals surface area contributed by atoms with Gasteiger partial charge < -0.3 is 15.4 Å². The summed E-state index contributed by atoms with van der Waals surface area (Å²) in [6, 6.07) is 4.06. The predicted octanol–water partition coefficient (Wildman–Crippen LogP) is 0.913. The van der Waals surface area contributed by atoms with E-state index in [-0.39, 0.29) is 0 Å². The molecule has 94 valence electrons. The molecule has 1 atom stereocenters. The zero-order valence-corrected chi connectivity index (χ0v) is 10.4. The summed E-state index contributed by atoms with van der Waals surface area (Å²) < 4.78 is 5.12. The van der Waals surface area contributed by atoms with Crippen LogP contribution in [0.3, 0.4) is 0 Å². The first kappa shape index (κ1) is 12.3. The molecule has 2 N–H and O–H groups in total. The van der Waals surface area contributed by atoms with Gasteiger partial charge in [0.1, 0.15) is 0 Å². The van der Waals surface area contributed by atoms with E-state index < -0.39 is 0 Å². The molecule has 1 aliphatic heterocycles. The van der Waals surface area contributed by atoms with Gasteiger partial charge in [-0.2, -0.15) is 0 Å². The Bertz CT molecular complexity index is 356. The van der Waals surface area contributed by atoms with Gasteiger partial charge in [0.05, 0.1) is 7.11 Å². The van der Waals surface area contributed by atoms with E-state index in [1.807, 2.05) is 6.07 Å². The van der Waals surface area contributed by atoms with E-state index in [9.17, 15) is 0 Å². The number of nitrogens with zero attached hydrogens (tertiary/aromatic N) is 2. The van der Waals surface area contributed by atoms with Crippen LogP contribution in [0.25, 0.3) is 0 Å². The van der Waals surface area contributed by atoms with Crippen LogP contribution in [0.15, 0.2) is 18.3 Å². The van der Waals surface area contributed by atoms with Crippen molar-refractivity contribution >= 4 is 0 Å². The summed E-state index contributed by atoms with van der Waals surface area (Å²) in [7, 11) is 1.65. The number of pyridine rings is 1. The Morgan fingerprint density at radius 3 is 3.18 bits per heavy atom. The van der Waals surface area contributed by atoms with Crippen molar-refractivity contribution in [3.05, 3.63) is 23.9 Å². The van der Waals surface area contributed by atoms with Crippen LogP contribution in [0, 0.1) is 5.92 Å². The van der Waals surface area contributed by atoms with Crippen molar-refractivity contribution in [1.82, 2.24) is 9.88 Å². The van der Waals surface area contributed by atoms with Crippen LogP contribution >= 0.6 is 0 Å². The third-order valence-corrected chi connectivity index (χ3v) is 3.43. The molecule has 0 radical (unpaired) electrons. The maximum absolute atomic E-state index is 5.69. The molecule has 0 saturated carbocycles. The number of aromatic nitrogens is 1. The van der Waals surface area contributed by atoms with Crippen molar-refractivity contribution in [2.75, 3.05) is 33.3 Å². The summed E-state index contributed by atoms with van der Waals surface area (Å²) in [5.74, 6) is 1.39. The number of likely N-dealkylation sites (tertiary alicyclic amines) is 1. The molecule has 0 aliphatic carbocycles. The van der Waals surface area contributed by atoms with Crippen molar-refractivity contribution in [3.8, 4) is 5.88 Å². The number of methoxy groups -OCH3 is 1. The number of hydrogen-bond donors (Lipinski definition) is 1. The second kappa shape index (κ2) is 5.98. The van der Waals surface area contributed by atoms with Crippen molar-refractivity contribution in [1.29, 1.82) is 0 Å². The normalized spacial score (nSPS) is 20.7. The molecule has 2 heterocycles. The van der Waals surface area contributed by atoms with E-state index in [1.54, 1.807) is 13.3 Å². The molecular formula is C13H21N3O. The first-order valence-electron chi connectivity index (χ1n) is 6.23. The Kier molecular flexibility index (Phi) is 4.34. The van der Waals surface area contributed by atoms with Gasteiger partial charge in [-0.3, -0.25) is 0 Å². The fraction of sp³-hybridized carbons (Fsp3) is 0.615. The Morgan fingerprint density at radius 2 is 2.47 bits per heavy atom. The largest absolute Gasteiger partial charge is 0.481 e. The molecular weight excluding hydrogens is 214 g/mol. The highest BCUT2D eigenvalue weighted by Gasteiger charge is 2.20. The van der Waals surface area contributed by atoms with Gasteiger partial charge in [0.2, 0.25) is 5.88 Å². The smallest absolute Gasteiger partial charge is 0.213 e. The highest BCUT2D eigenvalue weighted by molar-refractivity contribution is 5.20. The van der Waals surface area contributed by atoms with E-state index in [0.717, 1.165) is 26.1 Å².